The third kappa shape index (κ3) is 52.6. The van der Waals surface area contributed by atoms with Crippen molar-refractivity contribution >= 4 is 17.9 Å². The van der Waals surface area contributed by atoms with Crippen molar-refractivity contribution in [3.63, 3.8) is 0 Å². The van der Waals surface area contributed by atoms with Gasteiger partial charge in [0.25, 0.3) is 0 Å². The molecule has 0 aliphatic heterocycles. The molecule has 0 aromatic carbocycles. The third-order valence-corrected chi connectivity index (χ3v) is 12.9. The minimum absolute atomic E-state index is 0.0734. The first-order valence-electron chi connectivity index (χ1n) is 29.0. The van der Waals surface area contributed by atoms with Crippen molar-refractivity contribution in [2.75, 3.05) is 13.2 Å². The van der Waals surface area contributed by atoms with Crippen LogP contribution in [0.4, 0.5) is 0 Å². The number of hydrogen-bond acceptors (Lipinski definition) is 6. The minimum atomic E-state index is -0.774. The average Bonchev–Trinajstić information content (AvgIpc) is 3.31. The first-order chi connectivity index (χ1) is 32.5. The molecule has 0 aromatic heterocycles. The van der Waals surface area contributed by atoms with Crippen LogP contribution in [0.3, 0.4) is 0 Å². The van der Waals surface area contributed by atoms with E-state index in [1.165, 1.54) is 199 Å². The fraction of sp³-hybridized carbons (Fsp3) is 0.850. The number of ether oxygens (including phenoxy) is 3. The van der Waals surface area contributed by atoms with E-state index in [0.29, 0.717) is 19.3 Å². The molecule has 6 heteroatoms. The molecule has 0 radical (unpaired) electrons. The Labute approximate surface area is 410 Å². The maximum absolute atomic E-state index is 12.8. The molecule has 0 saturated carbocycles. The summed E-state index contributed by atoms with van der Waals surface area (Å²) in [5.74, 6) is -0.868. The highest BCUT2D eigenvalue weighted by molar-refractivity contribution is 5.71. The third-order valence-electron chi connectivity index (χ3n) is 12.9. The molecule has 0 aromatic rings. The van der Waals surface area contributed by atoms with E-state index >= 15 is 0 Å². The zero-order chi connectivity index (χ0) is 47.9. The van der Waals surface area contributed by atoms with Gasteiger partial charge in [0.05, 0.1) is 0 Å². The van der Waals surface area contributed by atoms with E-state index in [9.17, 15) is 14.4 Å². The summed E-state index contributed by atoms with van der Waals surface area (Å²) in [5, 5.41) is 0. The Balaban J connectivity index is 4.34. The van der Waals surface area contributed by atoms with E-state index in [4.69, 9.17) is 14.2 Å². The average molecular weight is 928 g/mol. The quantitative estimate of drug-likeness (QED) is 0.0262. The lowest BCUT2D eigenvalue weighted by atomic mass is 10.0. The second kappa shape index (κ2) is 55.2. The monoisotopic (exact) mass is 927 g/mol. The number of unbranched alkanes of at least 4 members (excludes halogenated alkanes) is 36. The fourth-order valence-corrected chi connectivity index (χ4v) is 8.47. The Morgan fingerprint density at radius 1 is 0.303 bits per heavy atom. The van der Waals surface area contributed by atoms with Crippen molar-refractivity contribution in [1.82, 2.24) is 0 Å². The van der Waals surface area contributed by atoms with Gasteiger partial charge >= 0.3 is 17.9 Å². The van der Waals surface area contributed by atoms with Crippen molar-refractivity contribution in [3.8, 4) is 0 Å². The molecule has 0 saturated heterocycles. The SMILES string of the molecule is CCCCC/C=C\C/C=C\CCCCCCCCCCCC(=O)OCC(COC(=O)CCCCCCC/C=C\CCCCCCC)OC(=O)CCCCCCCCCCCCCCCCC. The van der Waals surface area contributed by atoms with Gasteiger partial charge in [0.1, 0.15) is 13.2 Å². The van der Waals surface area contributed by atoms with Crippen molar-refractivity contribution < 1.29 is 28.6 Å². The summed E-state index contributed by atoms with van der Waals surface area (Å²) >= 11 is 0. The molecular weight excluding hydrogens is 817 g/mol. The van der Waals surface area contributed by atoms with E-state index in [-0.39, 0.29) is 31.1 Å². The Morgan fingerprint density at radius 3 is 0.879 bits per heavy atom. The molecule has 0 heterocycles. The molecule has 1 unspecified atom stereocenters. The first kappa shape index (κ1) is 63.6. The van der Waals surface area contributed by atoms with E-state index in [1.807, 2.05) is 0 Å². The molecule has 0 aliphatic rings. The largest absolute Gasteiger partial charge is 0.462 e. The zero-order valence-corrected chi connectivity index (χ0v) is 44.2. The van der Waals surface area contributed by atoms with Crippen molar-refractivity contribution in [1.29, 1.82) is 0 Å². The fourth-order valence-electron chi connectivity index (χ4n) is 8.47. The number of esters is 3. The van der Waals surface area contributed by atoms with Gasteiger partial charge in [0.2, 0.25) is 0 Å². The highest BCUT2D eigenvalue weighted by atomic mass is 16.6. The molecule has 66 heavy (non-hydrogen) atoms. The highest BCUT2D eigenvalue weighted by Crippen LogP contribution is 2.16. The Bertz CT molecular complexity index is 1110. The molecule has 0 spiro atoms. The van der Waals surface area contributed by atoms with Gasteiger partial charge in [-0.15, -0.1) is 0 Å². The lowest BCUT2D eigenvalue weighted by Gasteiger charge is -2.18. The lowest BCUT2D eigenvalue weighted by molar-refractivity contribution is -0.167. The van der Waals surface area contributed by atoms with Gasteiger partial charge in [0, 0.05) is 19.3 Å². The van der Waals surface area contributed by atoms with Crippen LogP contribution in [0.25, 0.3) is 0 Å². The number of rotatable bonds is 53. The van der Waals surface area contributed by atoms with Gasteiger partial charge in [-0.05, 0) is 77.0 Å². The topological polar surface area (TPSA) is 78.9 Å². The Kier molecular flexibility index (Phi) is 53.2. The first-order valence-corrected chi connectivity index (χ1v) is 29.0. The Morgan fingerprint density at radius 2 is 0.545 bits per heavy atom. The van der Waals surface area contributed by atoms with Crippen LogP contribution in [0.5, 0.6) is 0 Å². The molecule has 6 nitrogen and oxygen atoms in total. The standard InChI is InChI=1S/C60H110O6/c1-4-7-10-13-16-19-22-25-28-29-30-31-33-35-38-41-44-47-50-53-59(62)65-56-57(55-64-58(61)52-49-46-43-40-37-34-27-24-21-18-15-12-9-6-3)66-60(63)54-51-48-45-42-39-36-32-26-23-20-17-14-11-8-5-2/h16,19,24-25,27-28,57H,4-15,17-18,20-23,26,29-56H2,1-3H3/b19-16-,27-24-,28-25-. The molecule has 386 valence electrons. The van der Waals surface area contributed by atoms with Gasteiger partial charge in [-0.1, -0.05) is 250 Å². The normalized spacial score (nSPS) is 12.2. The van der Waals surface area contributed by atoms with E-state index in [2.05, 4.69) is 57.2 Å². The van der Waals surface area contributed by atoms with Crippen LogP contribution in [0, 0.1) is 0 Å². The maximum Gasteiger partial charge on any atom is 0.306 e. The summed E-state index contributed by atoms with van der Waals surface area (Å²) in [6.45, 7) is 6.64. The van der Waals surface area contributed by atoms with E-state index in [1.54, 1.807) is 0 Å². The number of hydrogen-bond donors (Lipinski definition) is 0. The predicted molar refractivity (Wildman–Crippen MR) is 284 cm³/mol. The lowest BCUT2D eigenvalue weighted by Crippen LogP contribution is -2.30. The van der Waals surface area contributed by atoms with Crippen LogP contribution in [-0.2, 0) is 28.6 Å². The van der Waals surface area contributed by atoms with Crippen LogP contribution < -0.4 is 0 Å². The van der Waals surface area contributed by atoms with Crippen LogP contribution in [-0.4, -0.2) is 37.2 Å². The number of allylic oxidation sites excluding steroid dienone is 6. The Hall–Kier alpha value is -2.37. The van der Waals surface area contributed by atoms with Crippen LogP contribution >= 0.6 is 0 Å². The molecular formula is C60H110O6. The summed E-state index contributed by atoms with van der Waals surface area (Å²) in [4.78, 5) is 38.1. The van der Waals surface area contributed by atoms with Crippen LogP contribution in [0.2, 0.25) is 0 Å². The number of carbonyl (C=O) groups is 3. The highest BCUT2D eigenvalue weighted by Gasteiger charge is 2.19. The van der Waals surface area contributed by atoms with Gasteiger partial charge in [-0.2, -0.15) is 0 Å². The maximum atomic E-state index is 12.8. The minimum Gasteiger partial charge on any atom is -0.462 e. The summed E-state index contributed by atoms with van der Waals surface area (Å²) in [6, 6.07) is 0. The molecule has 0 amide bonds. The van der Waals surface area contributed by atoms with E-state index in [0.717, 1.165) is 70.6 Å². The second-order valence-electron chi connectivity index (χ2n) is 19.6. The van der Waals surface area contributed by atoms with Crippen molar-refractivity contribution in [2.24, 2.45) is 0 Å². The summed E-state index contributed by atoms with van der Waals surface area (Å²) < 4.78 is 16.9. The number of carbonyl (C=O) groups excluding carboxylic acids is 3. The van der Waals surface area contributed by atoms with Gasteiger partial charge in [0.15, 0.2) is 6.10 Å². The molecule has 0 bridgehead atoms. The summed E-state index contributed by atoms with van der Waals surface area (Å²) in [6.07, 6.45) is 65.6. The van der Waals surface area contributed by atoms with Gasteiger partial charge < -0.3 is 14.2 Å². The molecule has 0 fully saturated rings. The molecule has 0 rings (SSSR count). The van der Waals surface area contributed by atoms with Crippen molar-refractivity contribution in [2.45, 2.75) is 316 Å². The van der Waals surface area contributed by atoms with E-state index < -0.39 is 6.10 Å². The molecule has 0 aliphatic carbocycles. The molecule has 1 atom stereocenters. The summed E-state index contributed by atoms with van der Waals surface area (Å²) in [5.41, 5.74) is 0. The molecule has 0 N–H and O–H groups in total. The van der Waals surface area contributed by atoms with Crippen LogP contribution in [0.15, 0.2) is 36.5 Å². The van der Waals surface area contributed by atoms with Crippen molar-refractivity contribution in [3.05, 3.63) is 36.5 Å². The smallest absolute Gasteiger partial charge is 0.306 e. The predicted octanol–water partition coefficient (Wildman–Crippen LogP) is 19.3. The van der Waals surface area contributed by atoms with Gasteiger partial charge in [-0.3, -0.25) is 14.4 Å². The second-order valence-corrected chi connectivity index (χ2v) is 19.6. The summed E-state index contributed by atoms with van der Waals surface area (Å²) in [7, 11) is 0. The van der Waals surface area contributed by atoms with Gasteiger partial charge in [-0.25, -0.2) is 0 Å². The zero-order valence-electron chi connectivity index (χ0n) is 44.2. The van der Waals surface area contributed by atoms with Crippen LogP contribution in [0.1, 0.15) is 310 Å².